The fourth-order valence-corrected chi connectivity index (χ4v) is 3.81. The third-order valence-electron chi connectivity index (χ3n) is 4.98. The topological polar surface area (TPSA) is 144 Å². The monoisotopic (exact) mass is 527 g/mol. The van der Waals surface area contributed by atoms with Crippen LogP contribution in [0.5, 0.6) is 11.5 Å². The van der Waals surface area contributed by atoms with Crippen molar-refractivity contribution in [1.29, 1.82) is 0 Å². The summed E-state index contributed by atoms with van der Waals surface area (Å²) in [7, 11) is -2.79. The summed E-state index contributed by atoms with van der Waals surface area (Å²) in [5.74, 6) is -0.283. The number of benzene rings is 4. The molecule has 0 fully saturated rings. The Bertz CT molecular complexity index is 1490. The average molecular weight is 528 g/mol. The molecule has 0 saturated carbocycles. The van der Waals surface area contributed by atoms with Crippen LogP contribution in [0.1, 0.15) is 0 Å². The third kappa shape index (κ3) is 5.13. The van der Waals surface area contributed by atoms with Gasteiger partial charge in [-0.05, 0) is 41.8 Å². The molecule has 0 bridgehead atoms. The van der Waals surface area contributed by atoms with Gasteiger partial charge in [-0.15, -0.1) is 10.2 Å². The number of anilines is 3. The molecule has 0 saturated heterocycles. The van der Waals surface area contributed by atoms with E-state index < -0.39 is 10.1 Å². The van der Waals surface area contributed by atoms with Gasteiger partial charge in [-0.25, -0.2) is 0 Å². The van der Waals surface area contributed by atoms with E-state index in [9.17, 15) is 23.2 Å². The van der Waals surface area contributed by atoms with Crippen molar-refractivity contribution in [3.63, 3.8) is 0 Å². The molecule has 34 heavy (non-hydrogen) atoms. The molecule has 9 nitrogen and oxygen atoms in total. The molecule has 0 atom stereocenters. The van der Waals surface area contributed by atoms with E-state index >= 15 is 0 Å². The van der Waals surface area contributed by atoms with E-state index in [2.05, 4.69) is 20.9 Å². The third-order valence-corrected chi connectivity index (χ3v) is 5.83. The first-order valence-electron chi connectivity index (χ1n) is 9.78. The van der Waals surface area contributed by atoms with Crippen LogP contribution in [0.2, 0.25) is 0 Å². The SMILES string of the molecule is CNc1cccc(N=Nc2c(Nc3cc(S(=O)(=O)O)ccc3O)ccc3ccccc23)c1O.[Cu]. The quantitative estimate of drug-likeness (QED) is 0.0936. The van der Waals surface area contributed by atoms with Gasteiger partial charge in [0.1, 0.15) is 17.1 Å². The van der Waals surface area contributed by atoms with Gasteiger partial charge in [0.25, 0.3) is 10.1 Å². The number of hydrogen-bond acceptors (Lipinski definition) is 8. The summed E-state index contributed by atoms with van der Waals surface area (Å²) in [5.41, 5.74) is 1.62. The Hall–Kier alpha value is -3.63. The van der Waals surface area contributed by atoms with Crippen molar-refractivity contribution in [2.75, 3.05) is 17.7 Å². The fourth-order valence-electron chi connectivity index (χ4n) is 3.30. The van der Waals surface area contributed by atoms with Crippen LogP contribution in [-0.4, -0.2) is 30.2 Å². The van der Waals surface area contributed by atoms with Crippen molar-refractivity contribution in [3.05, 3.63) is 72.8 Å². The second kappa shape index (κ2) is 10.1. The molecular formula is C23H20CuN4O5S. The zero-order chi connectivity index (χ0) is 23.6. The zero-order valence-corrected chi connectivity index (χ0v) is 19.4. The summed E-state index contributed by atoms with van der Waals surface area (Å²) in [6.45, 7) is 0. The van der Waals surface area contributed by atoms with Crippen LogP contribution < -0.4 is 10.6 Å². The molecule has 0 aliphatic carbocycles. The molecule has 4 rings (SSSR count). The van der Waals surface area contributed by atoms with Crippen molar-refractivity contribution < 1.29 is 40.3 Å². The number of nitrogens with one attached hydrogen (secondary N) is 2. The Labute approximate surface area is 206 Å². The standard InChI is InChI=1S/C23H20N4O5S.Cu/c1-24-18-7-4-8-19(23(18)29)26-27-22-16-6-3-2-5-14(16)9-11-17(22)25-20-13-15(33(30,31)32)10-12-21(20)28;/h2-13,24-25,28-29H,1H3,(H,30,31,32);. The Morgan fingerprint density at radius 1 is 0.824 bits per heavy atom. The Morgan fingerprint density at radius 3 is 2.32 bits per heavy atom. The molecule has 1 radical (unpaired) electrons. The van der Waals surface area contributed by atoms with E-state index in [0.717, 1.165) is 29.0 Å². The number of para-hydroxylation sites is 1. The van der Waals surface area contributed by atoms with Crippen LogP contribution in [0, 0.1) is 0 Å². The van der Waals surface area contributed by atoms with Crippen LogP contribution in [0.3, 0.4) is 0 Å². The van der Waals surface area contributed by atoms with Crippen molar-refractivity contribution in [2.45, 2.75) is 4.90 Å². The molecule has 0 unspecified atom stereocenters. The average Bonchev–Trinajstić information content (AvgIpc) is 2.79. The summed E-state index contributed by atoms with van der Waals surface area (Å²) in [5, 5.41) is 36.6. The van der Waals surface area contributed by atoms with Crippen molar-refractivity contribution in [2.24, 2.45) is 10.2 Å². The Morgan fingerprint density at radius 2 is 1.59 bits per heavy atom. The van der Waals surface area contributed by atoms with Gasteiger partial charge in [0.05, 0.1) is 22.0 Å². The number of hydrogen-bond donors (Lipinski definition) is 5. The summed E-state index contributed by atoms with van der Waals surface area (Å²) < 4.78 is 32.4. The normalized spacial score (nSPS) is 11.4. The second-order valence-corrected chi connectivity index (χ2v) is 8.51. The minimum absolute atomic E-state index is 0. The Kier molecular flexibility index (Phi) is 7.43. The number of azo groups is 1. The van der Waals surface area contributed by atoms with Gasteiger partial charge in [-0.2, -0.15) is 8.42 Å². The van der Waals surface area contributed by atoms with Crippen LogP contribution in [-0.2, 0) is 27.2 Å². The molecule has 5 N–H and O–H groups in total. The minimum Gasteiger partial charge on any atom is -0.506 e. The molecule has 4 aromatic carbocycles. The number of aromatic hydroxyl groups is 2. The van der Waals surface area contributed by atoms with Crippen LogP contribution in [0.15, 0.2) is 87.9 Å². The minimum atomic E-state index is -4.46. The maximum atomic E-state index is 11.5. The van der Waals surface area contributed by atoms with Gasteiger partial charge >= 0.3 is 0 Å². The molecule has 0 aliphatic heterocycles. The number of fused-ring (bicyclic) bond motifs is 1. The molecule has 0 spiro atoms. The van der Waals surface area contributed by atoms with Gasteiger partial charge < -0.3 is 20.8 Å². The smallest absolute Gasteiger partial charge is 0.294 e. The predicted octanol–water partition coefficient (Wildman–Crippen LogP) is 5.70. The van der Waals surface area contributed by atoms with Crippen LogP contribution in [0.25, 0.3) is 10.8 Å². The zero-order valence-electron chi connectivity index (χ0n) is 17.7. The number of phenols is 2. The first-order chi connectivity index (χ1) is 15.8. The first kappa shape index (κ1) is 25.0. The molecule has 0 amide bonds. The molecule has 0 aromatic heterocycles. The first-order valence-corrected chi connectivity index (χ1v) is 11.2. The van der Waals surface area contributed by atoms with Gasteiger partial charge in [0, 0.05) is 29.5 Å². The van der Waals surface area contributed by atoms with Crippen molar-refractivity contribution in [3.8, 4) is 11.5 Å². The fraction of sp³-hybridized carbons (Fsp3) is 0.0435. The van der Waals surface area contributed by atoms with E-state index in [1.807, 2.05) is 30.3 Å². The maximum Gasteiger partial charge on any atom is 0.294 e. The molecular weight excluding hydrogens is 508 g/mol. The van der Waals surface area contributed by atoms with Crippen LogP contribution >= 0.6 is 0 Å². The number of rotatable bonds is 6. The van der Waals surface area contributed by atoms with Gasteiger partial charge in [0.15, 0.2) is 5.75 Å². The summed E-state index contributed by atoms with van der Waals surface area (Å²) in [6, 6.07) is 19.4. The second-order valence-electron chi connectivity index (χ2n) is 7.09. The molecule has 11 heteroatoms. The number of phenolic OH excluding ortho intramolecular Hbond substituents is 2. The van der Waals surface area contributed by atoms with E-state index in [0.29, 0.717) is 17.1 Å². The van der Waals surface area contributed by atoms with Crippen LogP contribution in [0.4, 0.5) is 28.4 Å². The molecule has 0 aliphatic rings. The molecule has 0 heterocycles. The van der Waals surface area contributed by atoms with E-state index in [1.165, 1.54) is 0 Å². The largest absolute Gasteiger partial charge is 0.506 e. The van der Waals surface area contributed by atoms with Crippen molar-refractivity contribution >= 4 is 49.3 Å². The Balaban J connectivity index is 0.00000324. The maximum absolute atomic E-state index is 11.5. The van der Waals surface area contributed by atoms with Gasteiger partial charge in [-0.1, -0.05) is 36.4 Å². The summed E-state index contributed by atoms with van der Waals surface area (Å²) >= 11 is 0. The summed E-state index contributed by atoms with van der Waals surface area (Å²) in [4.78, 5) is -0.374. The number of nitrogens with zero attached hydrogens (tertiary/aromatic N) is 2. The van der Waals surface area contributed by atoms with E-state index in [4.69, 9.17) is 0 Å². The van der Waals surface area contributed by atoms with Gasteiger partial charge in [0.2, 0.25) is 0 Å². The predicted molar refractivity (Wildman–Crippen MR) is 127 cm³/mol. The molecule has 4 aromatic rings. The van der Waals surface area contributed by atoms with E-state index in [-0.39, 0.29) is 44.8 Å². The van der Waals surface area contributed by atoms with Gasteiger partial charge in [-0.3, -0.25) is 4.55 Å². The van der Waals surface area contributed by atoms with Crippen molar-refractivity contribution in [1.82, 2.24) is 0 Å². The van der Waals surface area contributed by atoms with E-state index in [1.54, 1.807) is 31.3 Å². The molecule has 179 valence electrons. The summed E-state index contributed by atoms with van der Waals surface area (Å²) in [6.07, 6.45) is 0.